The summed E-state index contributed by atoms with van der Waals surface area (Å²) in [6.07, 6.45) is 6.88. The van der Waals surface area contributed by atoms with Crippen LogP contribution in [0.25, 0.3) is 0 Å². The fourth-order valence-electron chi connectivity index (χ4n) is 2.40. The van der Waals surface area contributed by atoms with E-state index in [0.29, 0.717) is 5.75 Å². The molecule has 0 aliphatic heterocycles. The van der Waals surface area contributed by atoms with Crippen LogP contribution in [0.2, 0.25) is 0 Å². The van der Waals surface area contributed by atoms with Crippen LogP contribution in [0.4, 0.5) is 4.39 Å². The van der Waals surface area contributed by atoms with Crippen molar-refractivity contribution in [2.75, 3.05) is 0 Å². The minimum Gasteiger partial charge on any atom is -0.490 e. The van der Waals surface area contributed by atoms with Gasteiger partial charge >= 0.3 is 0 Å². The molecule has 1 aliphatic carbocycles. The molecule has 0 bridgehead atoms. The van der Waals surface area contributed by atoms with Crippen LogP contribution < -0.4 is 10.5 Å². The van der Waals surface area contributed by atoms with Crippen LogP contribution in [0.5, 0.6) is 5.75 Å². The summed E-state index contributed by atoms with van der Waals surface area (Å²) in [6.45, 7) is 0. The maximum atomic E-state index is 13.6. The van der Waals surface area contributed by atoms with Gasteiger partial charge in [-0.15, -0.1) is 0 Å². The molecule has 0 saturated heterocycles. The van der Waals surface area contributed by atoms with Crippen molar-refractivity contribution in [3.05, 3.63) is 29.6 Å². The molecule has 0 heterocycles. The molecule has 1 saturated carbocycles. The highest BCUT2D eigenvalue weighted by molar-refractivity contribution is 5.97. The number of benzene rings is 1. The van der Waals surface area contributed by atoms with E-state index < -0.39 is 5.82 Å². The van der Waals surface area contributed by atoms with Crippen LogP contribution in [0.1, 0.15) is 44.1 Å². The van der Waals surface area contributed by atoms with Gasteiger partial charge in [0.15, 0.2) is 0 Å². The second-order valence-electron chi connectivity index (χ2n) is 4.76. The van der Waals surface area contributed by atoms with Gasteiger partial charge in [0.05, 0.1) is 11.7 Å². The third-order valence-corrected chi connectivity index (χ3v) is 3.34. The summed E-state index contributed by atoms with van der Waals surface area (Å²) in [6, 6.07) is 4.58. The van der Waals surface area contributed by atoms with Crippen LogP contribution in [-0.4, -0.2) is 11.9 Å². The Labute approximate surface area is 107 Å². The molecule has 0 atom stereocenters. The first-order chi connectivity index (χ1) is 8.68. The van der Waals surface area contributed by atoms with E-state index >= 15 is 0 Å². The van der Waals surface area contributed by atoms with E-state index in [1.54, 1.807) is 12.1 Å². The van der Waals surface area contributed by atoms with Crippen molar-refractivity contribution in [3.8, 4) is 5.75 Å². The van der Waals surface area contributed by atoms with Gasteiger partial charge in [0.2, 0.25) is 0 Å². The number of amidine groups is 1. The molecular weight excluding hydrogens is 231 g/mol. The van der Waals surface area contributed by atoms with E-state index in [2.05, 4.69) is 0 Å². The molecule has 0 radical (unpaired) electrons. The van der Waals surface area contributed by atoms with Crippen molar-refractivity contribution in [1.29, 1.82) is 5.41 Å². The third kappa shape index (κ3) is 3.00. The van der Waals surface area contributed by atoms with Gasteiger partial charge in [-0.2, -0.15) is 0 Å². The molecule has 1 aromatic rings. The van der Waals surface area contributed by atoms with Gasteiger partial charge < -0.3 is 10.5 Å². The Morgan fingerprint density at radius 3 is 2.50 bits per heavy atom. The Kier molecular flexibility index (Phi) is 4.18. The van der Waals surface area contributed by atoms with Gasteiger partial charge in [-0.3, -0.25) is 5.41 Å². The topological polar surface area (TPSA) is 59.1 Å². The molecule has 0 unspecified atom stereocenters. The molecule has 0 spiro atoms. The zero-order valence-corrected chi connectivity index (χ0v) is 10.4. The molecule has 1 fully saturated rings. The van der Waals surface area contributed by atoms with E-state index in [0.717, 1.165) is 25.7 Å². The lowest BCUT2D eigenvalue weighted by Gasteiger charge is -2.19. The zero-order valence-electron chi connectivity index (χ0n) is 10.4. The fourth-order valence-corrected chi connectivity index (χ4v) is 2.40. The second kappa shape index (κ2) is 5.85. The number of rotatable bonds is 3. The number of nitrogens with two attached hydrogens (primary N) is 1. The smallest absolute Gasteiger partial charge is 0.137 e. The average Bonchev–Trinajstić information content (AvgIpc) is 2.57. The summed E-state index contributed by atoms with van der Waals surface area (Å²) in [7, 11) is 0. The molecule has 3 nitrogen and oxygen atoms in total. The first-order valence-electron chi connectivity index (χ1n) is 6.48. The van der Waals surface area contributed by atoms with Gasteiger partial charge in [0.25, 0.3) is 0 Å². The molecular formula is C14H19FN2O. The molecule has 1 aliphatic rings. The summed E-state index contributed by atoms with van der Waals surface area (Å²) in [4.78, 5) is 0. The first kappa shape index (κ1) is 12.9. The minimum absolute atomic E-state index is 0.0850. The molecule has 18 heavy (non-hydrogen) atoms. The summed E-state index contributed by atoms with van der Waals surface area (Å²) >= 11 is 0. The highest BCUT2D eigenvalue weighted by atomic mass is 19.1. The lowest BCUT2D eigenvalue weighted by Crippen LogP contribution is -2.20. The van der Waals surface area contributed by atoms with Crippen LogP contribution in [-0.2, 0) is 0 Å². The molecule has 3 N–H and O–H groups in total. The molecule has 98 valence electrons. The van der Waals surface area contributed by atoms with Gasteiger partial charge in [0.1, 0.15) is 17.4 Å². The Bertz CT molecular complexity index is 426. The highest BCUT2D eigenvalue weighted by Crippen LogP contribution is 2.26. The first-order valence-corrected chi connectivity index (χ1v) is 6.48. The third-order valence-electron chi connectivity index (χ3n) is 3.34. The Morgan fingerprint density at radius 1 is 1.22 bits per heavy atom. The number of nitrogens with one attached hydrogen (secondary N) is 1. The van der Waals surface area contributed by atoms with Crippen LogP contribution in [0.15, 0.2) is 18.2 Å². The number of hydrogen-bond acceptors (Lipinski definition) is 2. The number of halogens is 1. The summed E-state index contributed by atoms with van der Waals surface area (Å²) in [5.41, 5.74) is 5.50. The van der Waals surface area contributed by atoms with Gasteiger partial charge in [-0.25, -0.2) is 4.39 Å². The Morgan fingerprint density at radius 2 is 1.89 bits per heavy atom. The van der Waals surface area contributed by atoms with Crippen molar-refractivity contribution in [2.24, 2.45) is 5.73 Å². The molecule has 0 amide bonds. The average molecular weight is 250 g/mol. The predicted octanol–water partition coefficient (Wildman–Crippen LogP) is 3.21. The van der Waals surface area contributed by atoms with Gasteiger partial charge in [-0.1, -0.05) is 18.9 Å². The summed E-state index contributed by atoms with van der Waals surface area (Å²) in [5.74, 6) is -0.375. The SMILES string of the molecule is N=C(N)c1c(F)cccc1OC1CCCCCC1. The monoisotopic (exact) mass is 250 g/mol. The summed E-state index contributed by atoms with van der Waals surface area (Å²) in [5, 5.41) is 7.44. The molecule has 2 rings (SSSR count). The Balaban J connectivity index is 2.17. The van der Waals surface area contributed by atoms with E-state index in [1.807, 2.05) is 0 Å². The van der Waals surface area contributed by atoms with Crippen LogP contribution in [0.3, 0.4) is 0 Å². The number of ether oxygens (including phenoxy) is 1. The maximum absolute atomic E-state index is 13.6. The minimum atomic E-state index is -0.492. The van der Waals surface area contributed by atoms with E-state index in [-0.39, 0.29) is 17.5 Å². The standard InChI is InChI=1S/C14H19FN2O/c15-11-8-5-9-12(13(11)14(16)17)18-10-6-3-1-2-4-7-10/h5,8-10H,1-4,6-7H2,(H3,16,17). The van der Waals surface area contributed by atoms with Crippen LogP contribution in [0, 0.1) is 11.2 Å². The fraction of sp³-hybridized carbons (Fsp3) is 0.500. The Hall–Kier alpha value is -1.58. The van der Waals surface area contributed by atoms with E-state index in [9.17, 15) is 4.39 Å². The zero-order chi connectivity index (χ0) is 13.0. The van der Waals surface area contributed by atoms with Gasteiger partial charge in [-0.05, 0) is 37.8 Å². The lowest BCUT2D eigenvalue weighted by atomic mass is 10.1. The molecule has 1 aromatic carbocycles. The normalized spacial score (nSPS) is 17.2. The maximum Gasteiger partial charge on any atom is 0.137 e. The highest BCUT2D eigenvalue weighted by Gasteiger charge is 2.18. The van der Waals surface area contributed by atoms with Crippen molar-refractivity contribution in [3.63, 3.8) is 0 Å². The number of nitrogen functional groups attached to an aromatic ring is 1. The molecule has 0 aromatic heterocycles. The number of hydrogen-bond donors (Lipinski definition) is 2. The predicted molar refractivity (Wildman–Crippen MR) is 69.5 cm³/mol. The van der Waals surface area contributed by atoms with Crippen molar-refractivity contribution < 1.29 is 9.13 Å². The molecule has 4 heteroatoms. The van der Waals surface area contributed by atoms with Crippen molar-refractivity contribution >= 4 is 5.84 Å². The van der Waals surface area contributed by atoms with E-state index in [1.165, 1.54) is 18.9 Å². The van der Waals surface area contributed by atoms with Gasteiger partial charge in [0, 0.05) is 0 Å². The van der Waals surface area contributed by atoms with Crippen molar-refractivity contribution in [2.45, 2.75) is 44.6 Å². The van der Waals surface area contributed by atoms with Crippen molar-refractivity contribution in [1.82, 2.24) is 0 Å². The van der Waals surface area contributed by atoms with E-state index in [4.69, 9.17) is 15.9 Å². The quantitative estimate of drug-likeness (QED) is 0.491. The largest absolute Gasteiger partial charge is 0.490 e. The van der Waals surface area contributed by atoms with Crippen LogP contribution >= 0.6 is 0 Å². The lowest BCUT2D eigenvalue weighted by molar-refractivity contribution is 0.182. The summed E-state index contributed by atoms with van der Waals surface area (Å²) < 4.78 is 19.5. The second-order valence-corrected chi connectivity index (χ2v) is 4.76.